The first-order valence-electron chi connectivity index (χ1n) is 13.5. The molecule has 0 bridgehead atoms. The summed E-state index contributed by atoms with van der Waals surface area (Å²) in [6.45, 7) is 2.71. The number of ketones is 1. The van der Waals surface area contributed by atoms with E-state index in [0.29, 0.717) is 30.1 Å². The van der Waals surface area contributed by atoms with Crippen LogP contribution in [0.25, 0.3) is 11.0 Å². The third-order valence-electron chi connectivity index (χ3n) is 11.3. The average molecular weight is 464 g/mol. The molecule has 0 spiro atoms. The van der Waals surface area contributed by atoms with Crippen LogP contribution < -0.4 is 0 Å². The SMILES string of the molecule is COC1C2[C@@H]3CC[C@@H]4[C@H](CC[C@]5(C)[C@@H](C(=O)Cn6nc7ccccc7n6)CC[C@@H]45)[C@H]3CC[C@]12O. The van der Waals surface area contributed by atoms with E-state index in [1.165, 1.54) is 25.7 Å². The molecule has 5 saturated carbocycles. The lowest BCUT2D eigenvalue weighted by Crippen LogP contribution is -2.50. The fraction of sp³-hybridized carbons (Fsp3) is 0.750. The van der Waals surface area contributed by atoms with Crippen molar-refractivity contribution in [1.82, 2.24) is 15.0 Å². The Hall–Kier alpha value is -1.79. The van der Waals surface area contributed by atoms with E-state index < -0.39 is 5.60 Å². The standard InChI is InChI=1S/C28H37N3O3/c1-27-13-11-16-17-12-14-28(33)25(26(28)34-2)19(17)8-7-18(16)20(27)9-10-21(27)24(32)15-31-29-22-5-3-4-6-23(22)30-31/h3-6,16-21,25-26,33H,7-15H2,1-2H3/t16-,17-,18-,19-,20+,21-,25?,26?,27+,28-/m1/s1. The molecular formula is C28H37N3O3. The van der Waals surface area contributed by atoms with Crippen molar-refractivity contribution in [2.75, 3.05) is 7.11 Å². The number of methoxy groups -OCH3 is 1. The van der Waals surface area contributed by atoms with Gasteiger partial charge in [-0.1, -0.05) is 19.1 Å². The summed E-state index contributed by atoms with van der Waals surface area (Å²) in [5.41, 5.74) is 1.28. The summed E-state index contributed by atoms with van der Waals surface area (Å²) >= 11 is 0. The van der Waals surface area contributed by atoms with Crippen LogP contribution in [0.1, 0.15) is 58.3 Å². The predicted octanol–water partition coefficient (Wildman–Crippen LogP) is 4.26. The number of carbonyl (C=O) groups is 1. The Balaban J connectivity index is 1.08. The topological polar surface area (TPSA) is 77.2 Å². The molecule has 0 radical (unpaired) electrons. The maximum absolute atomic E-state index is 13.6. The maximum Gasteiger partial charge on any atom is 0.159 e. The maximum atomic E-state index is 13.6. The van der Waals surface area contributed by atoms with Crippen molar-refractivity contribution in [3.05, 3.63) is 24.3 Å². The van der Waals surface area contributed by atoms with Crippen molar-refractivity contribution in [3.8, 4) is 0 Å². The summed E-state index contributed by atoms with van der Waals surface area (Å²) in [4.78, 5) is 15.2. The zero-order valence-electron chi connectivity index (χ0n) is 20.4. The smallest absolute Gasteiger partial charge is 0.159 e. The average Bonchev–Trinajstić information content (AvgIpc) is 3.08. The number of benzene rings is 1. The van der Waals surface area contributed by atoms with Gasteiger partial charge in [-0.15, -0.1) is 0 Å². The minimum absolute atomic E-state index is 0.0638. The molecular weight excluding hydrogens is 426 g/mol. The number of ether oxygens (including phenoxy) is 1. The molecule has 34 heavy (non-hydrogen) atoms. The Kier molecular flexibility index (Phi) is 4.65. The fourth-order valence-corrected chi connectivity index (χ4v) is 9.88. The molecule has 182 valence electrons. The van der Waals surface area contributed by atoms with Crippen LogP contribution in [0.15, 0.2) is 24.3 Å². The molecule has 7 rings (SSSR count). The van der Waals surface area contributed by atoms with Gasteiger partial charge in [-0.2, -0.15) is 15.0 Å². The normalized spacial score (nSPS) is 46.9. The highest BCUT2D eigenvalue weighted by molar-refractivity contribution is 5.82. The Morgan fingerprint density at radius 3 is 2.41 bits per heavy atom. The van der Waals surface area contributed by atoms with Gasteiger partial charge in [-0.25, -0.2) is 0 Å². The molecule has 2 aromatic rings. The lowest BCUT2D eigenvalue weighted by molar-refractivity contribution is -0.132. The van der Waals surface area contributed by atoms with Crippen molar-refractivity contribution in [2.24, 2.45) is 46.8 Å². The second-order valence-corrected chi connectivity index (χ2v) is 12.4. The number of hydrogen-bond acceptors (Lipinski definition) is 5. The van der Waals surface area contributed by atoms with Crippen molar-refractivity contribution in [2.45, 2.75) is 76.5 Å². The number of aliphatic hydroxyl groups is 1. The van der Waals surface area contributed by atoms with Gasteiger partial charge in [0.05, 0.1) is 11.7 Å². The number of hydrogen-bond donors (Lipinski definition) is 1. The van der Waals surface area contributed by atoms with Crippen LogP contribution in [0, 0.1) is 46.8 Å². The molecule has 10 atom stereocenters. The van der Waals surface area contributed by atoms with Gasteiger partial charge in [-0.3, -0.25) is 4.79 Å². The van der Waals surface area contributed by atoms with E-state index in [0.717, 1.165) is 54.5 Å². The number of carbonyl (C=O) groups excluding carboxylic acids is 1. The largest absolute Gasteiger partial charge is 0.387 e. The molecule has 1 heterocycles. The Morgan fingerprint density at radius 2 is 1.68 bits per heavy atom. The molecule has 6 heteroatoms. The van der Waals surface area contributed by atoms with Gasteiger partial charge >= 0.3 is 0 Å². The van der Waals surface area contributed by atoms with Gasteiger partial charge in [-0.05, 0) is 98.5 Å². The van der Waals surface area contributed by atoms with Crippen LogP contribution in [0.4, 0.5) is 0 Å². The van der Waals surface area contributed by atoms with Gasteiger partial charge in [0.2, 0.25) is 0 Å². The Labute approximate surface area is 201 Å². The molecule has 5 aliphatic rings. The number of rotatable bonds is 4. The van der Waals surface area contributed by atoms with Gasteiger partial charge in [0.15, 0.2) is 5.78 Å². The lowest BCUT2D eigenvalue weighted by atomic mass is 9.49. The van der Waals surface area contributed by atoms with Gasteiger partial charge in [0.25, 0.3) is 0 Å². The van der Waals surface area contributed by atoms with Crippen LogP contribution in [0.2, 0.25) is 0 Å². The third-order valence-corrected chi connectivity index (χ3v) is 11.3. The summed E-state index contributed by atoms with van der Waals surface area (Å²) in [7, 11) is 1.77. The monoisotopic (exact) mass is 463 g/mol. The first-order valence-corrected chi connectivity index (χ1v) is 13.5. The molecule has 1 aromatic carbocycles. The van der Waals surface area contributed by atoms with E-state index in [4.69, 9.17) is 4.74 Å². The van der Waals surface area contributed by atoms with Crippen LogP contribution in [0.3, 0.4) is 0 Å². The van der Waals surface area contributed by atoms with Crippen molar-refractivity contribution < 1.29 is 14.6 Å². The Morgan fingerprint density at radius 1 is 1.00 bits per heavy atom. The van der Waals surface area contributed by atoms with Gasteiger partial charge < -0.3 is 9.84 Å². The molecule has 0 aliphatic heterocycles. The first kappa shape index (κ1) is 21.5. The van der Waals surface area contributed by atoms with E-state index in [1.807, 2.05) is 24.3 Å². The van der Waals surface area contributed by atoms with Crippen molar-refractivity contribution >= 4 is 16.8 Å². The fourth-order valence-electron chi connectivity index (χ4n) is 9.88. The van der Waals surface area contributed by atoms with E-state index in [-0.39, 0.29) is 17.4 Å². The summed E-state index contributed by atoms with van der Waals surface area (Å²) < 4.78 is 5.69. The summed E-state index contributed by atoms with van der Waals surface area (Å²) in [6.07, 6.45) is 9.24. The number of fused-ring (bicyclic) bond motifs is 8. The minimum atomic E-state index is -0.540. The van der Waals surface area contributed by atoms with Crippen molar-refractivity contribution in [1.29, 1.82) is 0 Å². The molecule has 1 N–H and O–H groups in total. The zero-order valence-corrected chi connectivity index (χ0v) is 20.4. The van der Waals surface area contributed by atoms with Crippen LogP contribution >= 0.6 is 0 Å². The highest BCUT2D eigenvalue weighted by atomic mass is 16.5. The molecule has 6 nitrogen and oxygen atoms in total. The van der Waals surface area contributed by atoms with Gasteiger partial charge in [0.1, 0.15) is 17.6 Å². The highest BCUT2D eigenvalue weighted by Gasteiger charge is 2.72. The zero-order chi connectivity index (χ0) is 23.2. The molecule has 5 fully saturated rings. The molecule has 0 saturated heterocycles. The van der Waals surface area contributed by atoms with Crippen LogP contribution in [-0.2, 0) is 16.1 Å². The van der Waals surface area contributed by atoms with Crippen molar-refractivity contribution in [3.63, 3.8) is 0 Å². The second kappa shape index (κ2) is 7.36. The van der Waals surface area contributed by atoms with E-state index in [2.05, 4.69) is 17.1 Å². The summed E-state index contributed by atoms with van der Waals surface area (Å²) in [5, 5.41) is 20.1. The lowest BCUT2D eigenvalue weighted by Gasteiger charge is -2.55. The second-order valence-electron chi connectivity index (χ2n) is 12.4. The van der Waals surface area contributed by atoms with E-state index >= 15 is 0 Å². The van der Waals surface area contributed by atoms with Crippen LogP contribution in [0.5, 0.6) is 0 Å². The molecule has 0 amide bonds. The summed E-state index contributed by atoms with van der Waals surface area (Å²) in [6, 6.07) is 7.84. The first-order chi connectivity index (χ1) is 16.4. The number of nitrogens with zero attached hydrogens (tertiary/aromatic N) is 3. The predicted molar refractivity (Wildman–Crippen MR) is 128 cm³/mol. The highest BCUT2D eigenvalue weighted by Crippen LogP contribution is 2.69. The molecule has 2 unspecified atom stereocenters. The summed E-state index contributed by atoms with van der Waals surface area (Å²) in [5.74, 6) is 4.35. The third kappa shape index (κ3) is 2.84. The van der Waals surface area contributed by atoms with E-state index in [1.54, 1.807) is 11.9 Å². The molecule has 1 aromatic heterocycles. The number of aromatic nitrogens is 3. The number of Topliss-reactive ketones (excluding diaryl/α,β-unsaturated/α-hetero) is 1. The minimum Gasteiger partial charge on any atom is -0.387 e. The quantitative estimate of drug-likeness (QED) is 0.733. The van der Waals surface area contributed by atoms with E-state index in [9.17, 15) is 9.90 Å². The Bertz CT molecular complexity index is 1100. The van der Waals surface area contributed by atoms with Gasteiger partial charge in [0, 0.05) is 18.9 Å². The molecule has 5 aliphatic carbocycles. The van der Waals surface area contributed by atoms with Crippen LogP contribution in [-0.4, -0.2) is 44.7 Å².